The van der Waals surface area contributed by atoms with Crippen LogP contribution in [0, 0.1) is 11.8 Å². The first-order valence-corrected chi connectivity index (χ1v) is 5.67. The number of nitrogens with zero attached hydrogens (tertiary/aromatic N) is 1. The Bertz CT molecular complexity index is 256. The van der Waals surface area contributed by atoms with Crippen LogP contribution in [0.1, 0.15) is 40.5 Å². The predicted octanol–water partition coefficient (Wildman–Crippen LogP) is 1.15. The molecular formula is C11H22N2O3. The third-order valence-electron chi connectivity index (χ3n) is 3.00. The van der Waals surface area contributed by atoms with Gasteiger partial charge in [-0.1, -0.05) is 34.1 Å². The van der Waals surface area contributed by atoms with Gasteiger partial charge in [-0.05, 0) is 12.3 Å². The summed E-state index contributed by atoms with van der Waals surface area (Å²) in [5, 5.41) is 10.2. The van der Waals surface area contributed by atoms with Crippen molar-refractivity contribution in [2.75, 3.05) is 0 Å². The monoisotopic (exact) mass is 230 g/mol. The molecule has 3 atom stereocenters. The molecule has 0 aliphatic heterocycles. The van der Waals surface area contributed by atoms with E-state index in [-0.39, 0.29) is 11.8 Å². The molecule has 0 aromatic rings. The highest BCUT2D eigenvalue weighted by molar-refractivity contribution is 5.86. The van der Waals surface area contributed by atoms with Gasteiger partial charge in [-0.2, -0.15) is 0 Å². The van der Waals surface area contributed by atoms with Gasteiger partial charge in [-0.25, -0.2) is 5.06 Å². The highest BCUT2D eigenvalue weighted by atomic mass is 16.5. The van der Waals surface area contributed by atoms with E-state index in [2.05, 4.69) is 0 Å². The zero-order chi connectivity index (χ0) is 12.9. The standard InChI is InChI=1S/C11H22N2O3/c1-5-7(3)9(10(12)14)13(16)11(15)8(4)6-2/h7-9,16H,5-6H2,1-4H3,(H2,12,14)/t7-,8-,9-/m0/s1. The summed E-state index contributed by atoms with van der Waals surface area (Å²) in [5.74, 6) is -1.59. The molecule has 2 amide bonds. The fraction of sp³-hybridized carbons (Fsp3) is 0.818. The molecule has 5 nitrogen and oxygen atoms in total. The van der Waals surface area contributed by atoms with Crippen molar-refractivity contribution in [1.29, 1.82) is 0 Å². The van der Waals surface area contributed by atoms with Crippen molar-refractivity contribution >= 4 is 11.8 Å². The van der Waals surface area contributed by atoms with E-state index in [1.165, 1.54) is 0 Å². The molecule has 0 aliphatic carbocycles. The molecule has 0 fully saturated rings. The van der Waals surface area contributed by atoms with E-state index in [1.807, 2.05) is 13.8 Å². The first kappa shape index (κ1) is 14.9. The Labute approximate surface area is 96.6 Å². The molecule has 0 aromatic carbocycles. The Hall–Kier alpha value is -1.10. The molecule has 0 spiro atoms. The summed E-state index contributed by atoms with van der Waals surface area (Å²) >= 11 is 0. The average molecular weight is 230 g/mol. The number of amides is 2. The van der Waals surface area contributed by atoms with Gasteiger partial charge in [0.05, 0.1) is 0 Å². The van der Waals surface area contributed by atoms with Crippen LogP contribution in [0.2, 0.25) is 0 Å². The quantitative estimate of drug-likeness (QED) is 0.530. The lowest BCUT2D eigenvalue weighted by Gasteiger charge is -2.29. The maximum atomic E-state index is 11.7. The highest BCUT2D eigenvalue weighted by Gasteiger charge is 2.32. The van der Waals surface area contributed by atoms with Crippen molar-refractivity contribution in [2.45, 2.75) is 46.6 Å². The van der Waals surface area contributed by atoms with Crippen LogP contribution >= 0.6 is 0 Å². The van der Waals surface area contributed by atoms with Crippen molar-refractivity contribution < 1.29 is 14.8 Å². The second-order valence-electron chi connectivity index (χ2n) is 4.22. The van der Waals surface area contributed by atoms with Crippen LogP contribution in [-0.4, -0.2) is 28.1 Å². The number of hydroxylamine groups is 2. The summed E-state index contributed by atoms with van der Waals surface area (Å²) in [6, 6.07) is -0.938. The van der Waals surface area contributed by atoms with Gasteiger partial charge in [0.15, 0.2) is 0 Å². The predicted molar refractivity (Wildman–Crippen MR) is 60.5 cm³/mol. The van der Waals surface area contributed by atoms with E-state index < -0.39 is 17.9 Å². The number of hydrogen-bond donors (Lipinski definition) is 2. The zero-order valence-corrected chi connectivity index (χ0v) is 10.4. The highest BCUT2D eigenvalue weighted by Crippen LogP contribution is 2.16. The molecule has 0 saturated carbocycles. The van der Waals surface area contributed by atoms with E-state index in [9.17, 15) is 14.8 Å². The Morgan fingerprint density at radius 1 is 1.25 bits per heavy atom. The second-order valence-corrected chi connectivity index (χ2v) is 4.22. The molecule has 16 heavy (non-hydrogen) atoms. The summed E-state index contributed by atoms with van der Waals surface area (Å²) in [7, 11) is 0. The summed E-state index contributed by atoms with van der Waals surface area (Å²) in [4.78, 5) is 22.9. The third-order valence-corrected chi connectivity index (χ3v) is 3.00. The summed E-state index contributed by atoms with van der Waals surface area (Å²) in [5.41, 5.74) is 5.20. The van der Waals surface area contributed by atoms with E-state index in [0.29, 0.717) is 17.9 Å². The maximum Gasteiger partial charge on any atom is 0.249 e. The van der Waals surface area contributed by atoms with E-state index >= 15 is 0 Å². The Morgan fingerprint density at radius 2 is 1.75 bits per heavy atom. The summed E-state index contributed by atoms with van der Waals surface area (Å²) in [6.07, 6.45) is 1.28. The molecule has 0 bridgehead atoms. The lowest BCUT2D eigenvalue weighted by molar-refractivity contribution is -0.187. The van der Waals surface area contributed by atoms with Gasteiger partial charge in [-0.15, -0.1) is 0 Å². The van der Waals surface area contributed by atoms with Crippen LogP contribution in [0.3, 0.4) is 0 Å². The van der Waals surface area contributed by atoms with Crippen LogP contribution in [0.5, 0.6) is 0 Å². The minimum absolute atomic E-state index is 0.157. The number of rotatable bonds is 6. The molecule has 0 aliphatic rings. The average Bonchev–Trinajstić information content (AvgIpc) is 2.26. The molecule has 0 aromatic heterocycles. The normalized spacial score (nSPS) is 16.3. The first-order chi connectivity index (χ1) is 7.36. The number of carbonyl (C=O) groups is 2. The van der Waals surface area contributed by atoms with Crippen LogP contribution in [0.25, 0.3) is 0 Å². The van der Waals surface area contributed by atoms with E-state index in [1.54, 1.807) is 13.8 Å². The molecule has 3 N–H and O–H groups in total. The lowest BCUT2D eigenvalue weighted by atomic mass is 9.97. The topological polar surface area (TPSA) is 83.6 Å². The molecule has 5 heteroatoms. The number of hydrogen-bond acceptors (Lipinski definition) is 3. The van der Waals surface area contributed by atoms with Crippen LogP contribution in [-0.2, 0) is 9.59 Å². The third kappa shape index (κ3) is 3.48. The molecule has 0 rings (SSSR count). The second kappa shape index (κ2) is 6.48. The van der Waals surface area contributed by atoms with Crippen molar-refractivity contribution in [1.82, 2.24) is 5.06 Å². The first-order valence-electron chi connectivity index (χ1n) is 5.67. The van der Waals surface area contributed by atoms with Gasteiger partial charge in [0.25, 0.3) is 0 Å². The molecule has 0 unspecified atom stereocenters. The lowest BCUT2D eigenvalue weighted by Crippen LogP contribution is -2.51. The fourth-order valence-corrected chi connectivity index (χ4v) is 1.40. The van der Waals surface area contributed by atoms with Crippen molar-refractivity contribution in [3.05, 3.63) is 0 Å². The minimum atomic E-state index is -0.938. The van der Waals surface area contributed by atoms with Gasteiger partial charge >= 0.3 is 0 Å². The van der Waals surface area contributed by atoms with Gasteiger partial charge in [0.1, 0.15) is 6.04 Å². The zero-order valence-electron chi connectivity index (χ0n) is 10.4. The van der Waals surface area contributed by atoms with Gasteiger partial charge < -0.3 is 5.73 Å². The van der Waals surface area contributed by atoms with E-state index in [4.69, 9.17) is 5.73 Å². The summed E-state index contributed by atoms with van der Waals surface area (Å²) in [6.45, 7) is 7.21. The Morgan fingerprint density at radius 3 is 2.06 bits per heavy atom. The Balaban J connectivity index is 4.81. The Kier molecular flexibility index (Phi) is 6.03. The molecule has 94 valence electrons. The van der Waals surface area contributed by atoms with Crippen LogP contribution in [0.15, 0.2) is 0 Å². The smallest absolute Gasteiger partial charge is 0.249 e. The van der Waals surface area contributed by atoms with Crippen molar-refractivity contribution in [3.8, 4) is 0 Å². The van der Waals surface area contributed by atoms with Crippen molar-refractivity contribution in [2.24, 2.45) is 17.6 Å². The number of carbonyl (C=O) groups excluding carboxylic acids is 2. The van der Waals surface area contributed by atoms with E-state index in [0.717, 1.165) is 0 Å². The maximum absolute atomic E-state index is 11.7. The number of primary amides is 1. The SMILES string of the molecule is CC[C@H](C)C(=O)N(O)[C@H](C(N)=O)[C@@H](C)CC. The minimum Gasteiger partial charge on any atom is -0.368 e. The largest absolute Gasteiger partial charge is 0.368 e. The van der Waals surface area contributed by atoms with Gasteiger partial charge in [-0.3, -0.25) is 14.8 Å². The molecule has 0 radical (unpaired) electrons. The van der Waals surface area contributed by atoms with Gasteiger partial charge in [0.2, 0.25) is 11.8 Å². The molecule has 0 heterocycles. The molecule has 0 saturated heterocycles. The number of nitrogens with two attached hydrogens (primary N) is 1. The van der Waals surface area contributed by atoms with Gasteiger partial charge in [0, 0.05) is 5.92 Å². The molecular weight excluding hydrogens is 208 g/mol. The van der Waals surface area contributed by atoms with Crippen LogP contribution < -0.4 is 5.73 Å². The van der Waals surface area contributed by atoms with Crippen molar-refractivity contribution in [3.63, 3.8) is 0 Å². The summed E-state index contributed by atoms with van der Waals surface area (Å²) < 4.78 is 0. The fourth-order valence-electron chi connectivity index (χ4n) is 1.40. The van der Waals surface area contributed by atoms with Crippen LogP contribution in [0.4, 0.5) is 0 Å².